The van der Waals surface area contributed by atoms with Gasteiger partial charge < -0.3 is 0 Å². The summed E-state index contributed by atoms with van der Waals surface area (Å²) in [5.41, 5.74) is -0.430. The Balaban J connectivity index is 0.000000344. The lowest BCUT2D eigenvalue weighted by molar-refractivity contribution is -0.914. The molecule has 0 aromatic carbocycles. The van der Waals surface area contributed by atoms with Crippen LogP contribution in [0.5, 0.6) is 0 Å². The highest BCUT2D eigenvalue weighted by atomic mass is 18.0. The summed E-state index contributed by atoms with van der Waals surface area (Å²) in [6.45, 7) is 11.7. The molecule has 1 aliphatic heterocycles. The van der Waals surface area contributed by atoms with Crippen molar-refractivity contribution in [1.82, 2.24) is 0 Å². The predicted octanol–water partition coefficient (Wildman–Crippen LogP) is 2.26. The van der Waals surface area contributed by atoms with Crippen LogP contribution >= 0.6 is 0 Å². The van der Waals surface area contributed by atoms with Gasteiger partial charge in [0.05, 0.1) is 11.2 Å². The van der Waals surface area contributed by atoms with Crippen LogP contribution in [-0.4, -0.2) is 11.2 Å². The summed E-state index contributed by atoms with van der Waals surface area (Å²) >= 11 is 0. The van der Waals surface area contributed by atoms with Crippen LogP contribution in [0, 0.1) is 0 Å². The molecule has 0 atom stereocenters. The Labute approximate surface area is 83.6 Å². The summed E-state index contributed by atoms with van der Waals surface area (Å²) in [6.07, 6.45) is 0. The molecule has 6 heteroatoms. The molecule has 1 heterocycles. The van der Waals surface area contributed by atoms with Gasteiger partial charge in [-0.2, -0.15) is 0 Å². The van der Waals surface area contributed by atoms with Crippen molar-refractivity contribution in [1.29, 1.82) is 0 Å². The van der Waals surface area contributed by atoms with Crippen molar-refractivity contribution in [3.63, 3.8) is 0 Å². The maximum atomic E-state index is 5.09. The van der Waals surface area contributed by atoms with Crippen molar-refractivity contribution < 1.29 is 29.9 Å². The minimum Gasteiger partial charge on any atom is -0.230 e. The van der Waals surface area contributed by atoms with Crippen molar-refractivity contribution in [2.24, 2.45) is 0 Å². The third kappa shape index (κ3) is 11.8. The van der Waals surface area contributed by atoms with E-state index in [2.05, 4.69) is 20.2 Å². The van der Waals surface area contributed by atoms with Crippen LogP contribution in [0.3, 0.4) is 0 Å². The molecule has 0 aromatic rings. The highest BCUT2D eigenvalue weighted by Gasteiger charge is 2.18. The van der Waals surface area contributed by atoms with Crippen LogP contribution in [0.4, 0.5) is 0 Å². The maximum absolute atomic E-state index is 5.09. The smallest absolute Gasteiger partial charge is 0.0952 e. The fourth-order valence-electron chi connectivity index (χ4n) is 0.278. The van der Waals surface area contributed by atoms with Gasteiger partial charge in [-0.3, -0.25) is 0 Å². The van der Waals surface area contributed by atoms with Gasteiger partial charge in [-0.25, -0.2) is 9.78 Å². The summed E-state index contributed by atoms with van der Waals surface area (Å²) < 4.78 is 0. The Morgan fingerprint density at radius 1 is 0.571 bits per heavy atom. The number of rotatable bonds is 1. The first kappa shape index (κ1) is 13.8. The van der Waals surface area contributed by atoms with E-state index in [4.69, 9.17) is 9.78 Å². The molecule has 1 saturated heterocycles. The van der Waals surface area contributed by atoms with Crippen molar-refractivity contribution in [3.8, 4) is 0 Å². The Bertz CT molecular complexity index is 123. The molecule has 0 N–H and O–H groups in total. The average Bonchev–Trinajstić information content (AvgIpc) is 1.76. The van der Waals surface area contributed by atoms with Crippen molar-refractivity contribution in [2.45, 2.75) is 52.7 Å². The summed E-state index contributed by atoms with van der Waals surface area (Å²) in [6, 6.07) is 0. The number of hydrogen-bond donors (Lipinski definition) is 0. The van der Waals surface area contributed by atoms with Crippen molar-refractivity contribution in [3.05, 3.63) is 0 Å². The van der Waals surface area contributed by atoms with Crippen LogP contribution in [0.1, 0.15) is 41.5 Å². The quantitative estimate of drug-likeness (QED) is 0.488. The molecule has 0 saturated carbocycles. The Morgan fingerprint density at radius 2 is 0.786 bits per heavy atom. The lowest BCUT2D eigenvalue weighted by atomic mass is 10.2. The first-order valence-electron chi connectivity index (χ1n) is 4.24. The normalized spacial score (nSPS) is 16.7. The topological polar surface area (TPSA) is 55.4 Å². The molecule has 0 amide bonds. The van der Waals surface area contributed by atoms with Gasteiger partial charge in [0, 0.05) is 20.2 Å². The molecule has 1 rings (SSSR count). The molecule has 1 fully saturated rings. The maximum Gasteiger partial charge on any atom is 0.0952 e. The van der Waals surface area contributed by atoms with E-state index in [0.717, 1.165) is 0 Å². The van der Waals surface area contributed by atoms with Crippen LogP contribution in [0.2, 0.25) is 0 Å². The van der Waals surface area contributed by atoms with E-state index in [1.54, 1.807) is 0 Å². The van der Waals surface area contributed by atoms with Gasteiger partial charge in [0.25, 0.3) is 0 Å². The SMILES string of the molecule is CC(C)(C)OOC(C)(C)C.O1OOO1. The molecule has 0 radical (unpaired) electrons. The zero-order chi connectivity index (χ0) is 11.2. The molecule has 0 aliphatic carbocycles. The van der Waals surface area contributed by atoms with E-state index >= 15 is 0 Å². The zero-order valence-electron chi connectivity index (χ0n) is 9.45. The van der Waals surface area contributed by atoms with E-state index in [1.165, 1.54) is 0 Å². The van der Waals surface area contributed by atoms with E-state index in [-0.39, 0.29) is 11.2 Å². The lowest BCUT2D eigenvalue weighted by Crippen LogP contribution is -2.27. The van der Waals surface area contributed by atoms with E-state index in [9.17, 15) is 0 Å². The summed E-state index contributed by atoms with van der Waals surface area (Å²) in [5, 5.41) is 14.0. The van der Waals surface area contributed by atoms with Crippen LogP contribution in [0.25, 0.3) is 0 Å². The highest BCUT2D eigenvalue weighted by Crippen LogP contribution is 2.14. The monoisotopic (exact) mass is 210 g/mol. The standard InChI is InChI=1S/C8H18O2.O4/c1-7(2,3)9-10-8(4,5)6;1-2-4-3-1/h1-6H3;. The summed E-state index contributed by atoms with van der Waals surface area (Å²) in [7, 11) is 0. The van der Waals surface area contributed by atoms with Crippen molar-refractivity contribution >= 4 is 0 Å². The Morgan fingerprint density at radius 3 is 0.857 bits per heavy atom. The molecule has 1 aliphatic rings. The van der Waals surface area contributed by atoms with Gasteiger partial charge in [0.15, 0.2) is 0 Å². The second kappa shape index (κ2) is 5.59. The summed E-state index contributed by atoms with van der Waals surface area (Å²) in [4.78, 5) is 10.2. The third-order valence-electron chi connectivity index (χ3n) is 0.653. The lowest BCUT2D eigenvalue weighted by Gasteiger charge is -2.24. The molecule has 0 aromatic heterocycles. The largest absolute Gasteiger partial charge is 0.230 e. The zero-order valence-corrected chi connectivity index (χ0v) is 9.45. The molecule has 86 valence electrons. The van der Waals surface area contributed by atoms with Gasteiger partial charge in [-0.05, 0) is 41.5 Å². The second-order valence-electron chi connectivity index (χ2n) is 4.66. The highest BCUT2D eigenvalue weighted by molar-refractivity contribution is 4.58. The minimum absolute atomic E-state index is 0.215. The van der Waals surface area contributed by atoms with Crippen LogP contribution in [0.15, 0.2) is 0 Å². The third-order valence-corrected chi connectivity index (χ3v) is 0.653. The molecule has 6 nitrogen and oxygen atoms in total. The van der Waals surface area contributed by atoms with E-state index < -0.39 is 0 Å². The van der Waals surface area contributed by atoms with Gasteiger partial charge in [-0.1, -0.05) is 0 Å². The van der Waals surface area contributed by atoms with Crippen LogP contribution < -0.4 is 0 Å². The van der Waals surface area contributed by atoms with Crippen molar-refractivity contribution in [2.75, 3.05) is 0 Å². The number of hydrogen-bond acceptors (Lipinski definition) is 6. The van der Waals surface area contributed by atoms with E-state index in [0.29, 0.717) is 0 Å². The van der Waals surface area contributed by atoms with Gasteiger partial charge in [-0.15, -0.1) is 0 Å². The molecular weight excluding hydrogens is 192 g/mol. The average molecular weight is 210 g/mol. The molecule has 0 unspecified atom stereocenters. The molecule has 0 spiro atoms. The fourth-order valence-corrected chi connectivity index (χ4v) is 0.278. The van der Waals surface area contributed by atoms with Gasteiger partial charge in [0.2, 0.25) is 0 Å². The second-order valence-corrected chi connectivity index (χ2v) is 4.66. The van der Waals surface area contributed by atoms with Gasteiger partial charge >= 0.3 is 0 Å². The van der Waals surface area contributed by atoms with E-state index in [1.807, 2.05) is 41.5 Å². The van der Waals surface area contributed by atoms with Crippen LogP contribution in [-0.2, 0) is 29.9 Å². The fraction of sp³-hybridized carbons (Fsp3) is 1.00. The summed E-state index contributed by atoms with van der Waals surface area (Å²) in [5.74, 6) is 0. The predicted molar refractivity (Wildman–Crippen MR) is 46.0 cm³/mol. The first-order chi connectivity index (χ1) is 6.21. The Kier molecular flexibility index (Phi) is 5.50. The minimum atomic E-state index is -0.215. The molecule has 14 heavy (non-hydrogen) atoms. The Hall–Kier alpha value is -0.240. The van der Waals surface area contributed by atoms with Gasteiger partial charge in [0.1, 0.15) is 0 Å². The molecule has 0 bridgehead atoms. The molecular formula is C8H18O6. The first-order valence-corrected chi connectivity index (χ1v) is 4.24.